The summed E-state index contributed by atoms with van der Waals surface area (Å²) in [6.45, 7) is 6.06. The lowest BCUT2D eigenvalue weighted by atomic mass is 9.71. The largest absolute Gasteiger partial charge is 0.313 e. The first-order valence-corrected chi connectivity index (χ1v) is 9.21. The molecule has 0 saturated heterocycles. The molecule has 1 fully saturated rings. The van der Waals surface area contributed by atoms with Crippen LogP contribution in [0.2, 0.25) is 5.02 Å². The van der Waals surface area contributed by atoms with Crippen LogP contribution in [0, 0.1) is 5.41 Å². The third-order valence-corrected chi connectivity index (χ3v) is 6.00. The number of rotatable bonds is 7. The first-order valence-electron chi connectivity index (χ1n) is 7.35. The quantitative estimate of drug-likeness (QED) is 0.808. The fourth-order valence-corrected chi connectivity index (χ4v) is 4.18. The molecule has 4 nitrogen and oxygen atoms in total. The summed E-state index contributed by atoms with van der Waals surface area (Å²) in [5.74, 6) is 0. The van der Waals surface area contributed by atoms with Crippen LogP contribution in [-0.2, 0) is 16.6 Å². The molecule has 118 valence electrons. The van der Waals surface area contributed by atoms with Gasteiger partial charge in [-0.05, 0) is 42.5 Å². The minimum absolute atomic E-state index is 0.0981. The molecule has 0 amide bonds. The first kappa shape index (κ1) is 16.7. The van der Waals surface area contributed by atoms with Gasteiger partial charge in [0.15, 0.2) is 0 Å². The predicted molar refractivity (Wildman–Crippen MR) is 86.0 cm³/mol. The van der Waals surface area contributed by atoms with E-state index in [0.717, 1.165) is 24.9 Å². The van der Waals surface area contributed by atoms with Gasteiger partial charge in [-0.15, -0.1) is 0 Å². The molecule has 2 N–H and O–H groups in total. The molecule has 0 aliphatic heterocycles. The monoisotopic (exact) mass is 330 g/mol. The Morgan fingerprint density at radius 1 is 1.33 bits per heavy atom. The fourth-order valence-electron chi connectivity index (χ4n) is 2.44. The molecule has 0 unspecified atom stereocenters. The molecule has 0 atom stereocenters. The van der Waals surface area contributed by atoms with Crippen molar-refractivity contribution in [2.45, 2.75) is 44.6 Å². The van der Waals surface area contributed by atoms with Gasteiger partial charge in [-0.2, -0.15) is 0 Å². The smallest absolute Gasteiger partial charge is 0.242 e. The van der Waals surface area contributed by atoms with Gasteiger partial charge in [0.1, 0.15) is 4.90 Å². The highest BCUT2D eigenvalue weighted by molar-refractivity contribution is 7.89. The van der Waals surface area contributed by atoms with Crippen LogP contribution >= 0.6 is 11.6 Å². The van der Waals surface area contributed by atoms with E-state index >= 15 is 0 Å². The summed E-state index contributed by atoms with van der Waals surface area (Å²) in [6, 6.07) is 5.14. The molecule has 1 aliphatic rings. The Morgan fingerprint density at radius 2 is 2.05 bits per heavy atom. The van der Waals surface area contributed by atoms with Crippen LogP contribution in [0.25, 0.3) is 0 Å². The third kappa shape index (κ3) is 4.19. The molecule has 0 aromatic heterocycles. The molecule has 0 bridgehead atoms. The van der Waals surface area contributed by atoms with Crippen LogP contribution in [0.3, 0.4) is 0 Å². The van der Waals surface area contributed by atoms with Crippen molar-refractivity contribution in [1.82, 2.24) is 10.0 Å². The lowest BCUT2D eigenvalue weighted by Gasteiger charge is -2.38. The SMILES string of the molecule is CCNCc1ccc(Cl)c(S(=O)(=O)NCC2(C)CCC2)c1. The van der Waals surface area contributed by atoms with Crippen molar-refractivity contribution in [2.24, 2.45) is 5.41 Å². The summed E-state index contributed by atoms with van der Waals surface area (Å²) in [4.78, 5) is 0.169. The second-order valence-electron chi connectivity index (χ2n) is 6.03. The lowest BCUT2D eigenvalue weighted by Crippen LogP contribution is -2.40. The van der Waals surface area contributed by atoms with E-state index in [9.17, 15) is 8.42 Å². The number of hydrogen-bond acceptors (Lipinski definition) is 3. The van der Waals surface area contributed by atoms with Crippen LogP contribution in [0.1, 0.15) is 38.7 Å². The third-order valence-electron chi connectivity index (χ3n) is 4.11. The number of halogens is 1. The lowest BCUT2D eigenvalue weighted by molar-refractivity contribution is 0.166. The molecular weight excluding hydrogens is 308 g/mol. The van der Waals surface area contributed by atoms with Gasteiger partial charge in [-0.3, -0.25) is 0 Å². The van der Waals surface area contributed by atoms with E-state index < -0.39 is 10.0 Å². The zero-order valence-corrected chi connectivity index (χ0v) is 14.1. The van der Waals surface area contributed by atoms with Gasteiger partial charge < -0.3 is 5.32 Å². The maximum absolute atomic E-state index is 12.4. The Balaban J connectivity index is 2.14. The highest BCUT2D eigenvalue weighted by atomic mass is 35.5. The summed E-state index contributed by atoms with van der Waals surface area (Å²) < 4.78 is 27.6. The average molecular weight is 331 g/mol. The fraction of sp³-hybridized carbons (Fsp3) is 0.600. The molecule has 2 rings (SSSR count). The second kappa shape index (κ2) is 6.65. The molecule has 1 aromatic rings. The minimum atomic E-state index is -3.56. The highest BCUT2D eigenvalue weighted by Crippen LogP contribution is 2.39. The van der Waals surface area contributed by atoms with Gasteiger partial charge >= 0.3 is 0 Å². The van der Waals surface area contributed by atoms with Crippen LogP contribution in [0.5, 0.6) is 0 Å². The van der Waals surface area contributed by atoms with Gasteiger partial charge in [0.05, 0.1) is 5.02 Å². The zero-order chi connectivity index (χ0) is 15.5. The predicted octanol–water partition coefficient (Wildman–Crippen LogP) is 2.92. The van der Waals surface area contributed by atoms with Gasteiger partial charge in [-0.25, -0.2) is 13.1 Å². The van der Waals surface area contributed by atoms with E-state index in [0.29, 0.717) is 13.1 Å². The van der Waals surface area contributed by atoms with Gasteiger partial charge in [0.25, 0.3) is 0 Å². The Hall–Kier alpha value is -0.620. The van der Waals surface area contributed by atoms with E-state index in [1.54, 1.807) is 12.1 Å². The van der Waals surface area contributed by atoms with Gasteiger partial charge in [0.2, 0.25) is 10.0 Å². The summed E-state index contributed by atoms with van der Waals surface area (Å²) in [7, 11) is -3.56. The Labute approximate surface area is 132 Å². The molecule has 1 aliphatic carbocycles. The Morgan fingerprint density at radius 3 is 2.62 bits per heavy atom. The van der Waals surface area contributed by atoms with E-state index in [-0.39, 0.29) is 15.3 Å². The molecule has 1 saturated carbocycles. The Bertz CT molecular complexity index is 598. The van der Waals surface area contributed by atoms with E-state index in [2.05, 4.69) is 17.0 Å². The van der Waals surface area contributed by atoms with Crippen molar-refractivity contribution in [1.29, 1.82) is 0 Å². The van der Waals surface area contributed by atoms with Crippen LogP contribution in [0.15, 0.2) is 23.1 Å². The number of sulfonamides is 1. The van der Waals surface area contributed by atoms with Crippen molar-refractivity contribution in [3.05, 3.63) is 28.8 Å². The summed E-state index contributed by atoms with van der Waals surface area (Å²) in [5.41, 5.74) is 1.01. The highest BCUT2D eigenvalue weighted by Gasteiger charge is 2.33. The maximum Gasteiger partial charge on any atom is 0.242 e. The molecule has 21 heavy (non-hydrogen) atoms. The average Bonchev–Trinajstić information content (AvgIpc) is 2.42. The van der Waals surface area contributed by atoms with Gasteiger partial charge in [0, 0.05) is 13.1 Å². The number of hydrogen-bond donors (Lipinski definition) is 2. The number of nitrogens with one attached hydrogen (secondary N) is 2. The summed E-state index contributed by atoms with van der Waals surface area (Å²) in [6.07, 6.45) is 3.32. The normalized spacial score (nSPS) is 17.5. The van der Waals surface area contributed by atoms with E-state index in [1.165, 1.54) is 6.42 Å². The van der Waals surface area contributed by atoms with Crippen molar-refractivity contribution < 1.29 is 8.42 Å². The van der Waals surface area contributed by atoms with Crippen molar-refractivity contribution >= 4 is 21.6 Å². The van der Waals surface area contributed by atoms with Crippen molar-refractivity contribution in [2.75, 3.05) is 13.1 Å². The molecule has 0 radical (unpaired) electrons. The summed E-state index contributed by atoms with van der Waals surface area (Å²) >= 11 is 6.07. The molecule has 6 heteroatoms. The maximum atomic E-state index is 12.4. The zero-order valence-electron chi connectivity index (χ0n) is 12.6. The van der Waals surface area contributed by atoms with Crippen molar-refractivity contribution in [3.8, 4) is 0 Å². The van der Waals surface area contributed by atoms with Crippen LogP contribution < -0.4 is 10.0 Å². The van der Waals surface area contributed by atoms with E-state index in [4.69, 9.17) is 11.6 Å². The standard InChI is InChI=1S/C15H23ClN2O2S/c1-3-17-10-12-5-6-13(16)14(9-12)21(19,20)18-11-15(2)7-4-8-15/h5-6,9,17-18H,3-4,7-8,10-11H2,1-2H3. The molecular formula is C15H23ClN2O2S. The summed E-state index contributed by atoms with van der Waals surface area (Å²) in [5, 5.41) is 3.44. The second-order valence-corrected chi connectivity index (χ2v) is 8.18. The minimum Gasteiger partial charge on any atom is -0.313 e. The van der Waals surface area contributed by atoms with E-state index in [1.807, 2.05) is 13.0 Å². The van der Waals surface area contributed by atoms with Crippen LogP contribution in [-0.4, -0.2) is 21.5 Å². The van der Waals surface area contributed by atoms with Crippen molar-refractivity contribution in [3.63, 3.8) is 0 Å². The van der Waals surface area contributed by atoms with Gasteiger partial charge in [-0.1, -0.05) is 37.9 Å². The number of benzene rings is 1. The van der Waals surface area contributed by atoms with Crippen LogP contribution in [0.4, 0.5) is 0 Å². The Kier molecular flexibility index (Phi) is 5.30. The molecule has 0 heterocycles. The molecule has 0 spiro atoms. The molecule has 1 aromatic carbocycles. The topological polar surface area (TPSA) is 58.2 Å². The first-order chi connectivity index (χ1) is 9.86.